The van der Waals surface area contributed by atoms with Crippen molar-refractivity contribution in [1.29, 1.82) is 0 Å². The third-order valence-electron chi connectivity index (χ3n) is 5.46. The molecule has 0 radical (unpaired) electrons. The van der Waals surface area contributed by atoms with Crippen molar-refractivity contribution in [2.75, 3.05) is 13.7 Å². The van der Waals surface area contributed by atoms with Crippen LogP contribution in [-0.4, -0.2) is 39.6 Å². The van der Waals surface area contributed by atoms with Crippen LogP contribution in [0.1, 0.15) is 84.8 Å². The monoisotopic (exact) mass is 370 g/mol. The van der Waals surface area contributed by atoms with Crippen LogP contribution in [0.4, 0.5) is 0 Å². The minimum atomic E-state index is -0.191. The van der Waals surface area contributed by atoms with Crippen LogP contribution in [0.15, 0.2) is 10.6 Å². The van der Waals surface area contributed by atoms with E-state index in [1.165, 1.54) is 0 Å². The summed E-state index contributed by atoms with van der Waals surface area (Å²) in [6, 6.07) is 1.78. The summed E-state index contributed by atoms with van der Waals surface area (Å²) >= 11 is 0. The summed E-state index contributed by atoms with van der Waals surface area (Å²) in [7, 11) is 1.57. The van der Waals surface area contributed by atoms with E-state index in [1.54, 1.807) is 7.11 Å². The highest BCUT2D eigenvalue weighted by Crippen LogP contribution is 2.34. The summed E-state index contributed by atoms with van der Waals surface area (Å²) in [6.45, 7) is 4.72. The average molecular weight is 370 g/mol. The van der Waals surface area contributed by atoms with E-state index in [1.807, 2.05) is 24.8 Å². The largest absolute Gasteiger partial charge is 0.480 e. The molecule has 2 aromatic heterocycles. The van der Waals surface area contributed by atoms with Gasteiger partial charge in [-0.3, -0.25) is 4.79 Å². The molecule has 1 unspecified atom stereocenters. The van der Waals surface area contributed by atoms with Gasteiger partial charge in [-0.2, -0.15) is 4.98 Å². The summed E-state index contributed by atoms with van der Waals surface area (Å²) in [5.74, 6) is 1.75. The van der Waals surface area contributed by atoms with Gasteiger partial charge < -0.3 is 14.2 Å². The molecule has 1 atom stereocenters. The van der Waals surface area contributed by atoms with Crippen molar-refractivity contribution in [2.45, 2.75) is 64.3 Å². The number of carbonyl (C=O) groups excluding carboxylic acids is 1. The number of amides is 1. The molecule has 2 aromatic rings. The minimum Gasteiger partial charge on any atom is -0.480 e. The van der Waals surface area contributed by atoms with Gasteiger partial charge in [0.05, 0.1) is 7.11 Å². The fraction of sp³-hybridized carbons (Fsp3) is 0.600. The van der Waals surface area contributed by atoms with Gasteiger partial charge >= 0.3 is 0 Å². The lowest BCUT2D eigenvalue weighted by molar-refractivity contribution is 0.0557. The van der Waals surface area contributed by atoms with E-state index in [9.17, 15) is 4.79 Å². The number of ether oxygens (including phenoxy) is 1. The van der Waals surface area contributed by atoms with Crippen LogP contribution >= 0.6 is 0 Å². The second kappa shape index (κ2) is 7.29. The van der Waals surface area contributed by atoms with Gasteiger partial charge in [0, 0.05) is 18.2 Å². The highest BCUT2D eigenvalue weighted by Gasteiger charge is 2.35. The van der Waals surface area contributed by atoms with E-state index in [4.69, 9.17) is 9.26 Å². The van der Waals surface area contributed by atoms with Crippen LogP contribution in [0.25, 0.3) is 0 Å². The molecule has 7 nitrogen and oxygen atoms in total. The number of methoxy groups -OCH3 is 1. The van der Waals surface area contributed by atoms with E-state index in [2.05, 4.69) is 15.1 Å². The van der Waals surface area contributed by atoms with Crippen LogP contribution in [0.2, 0.25) is 0 Å². The predicted octanol–water partition coefficient (Wildman–Crippen LogP) is 3.45. The number of hydrogen-bond donors (Lipinski definition) is 0. The SMILES string of the molecule is COc1nc2c(cc1C(=O)N1CCCCC1c1nc(C(C)C)no1)CCC2. The van der Waals surface area contributed by atoms with Gasteiger partial charge in [-0.25, -0.2) is 4.98 Å². The summed E-state index contributed by atoms with van der Waals surface area (Å²) in [5.41, 5.74) is 2.75. The minimum absolute atomic E-state index is 0.0666. The number of rotatable bonds is 4. The summed E-state index contributed by atoms with van der Waals surface area (Å²) in [4.78, 5) is 24.4. The first-order valence-electron chi connectivity index (χ1n) is 9.79. The van der Waals surface area contributed by atoms with E-state index in [0.717, 1.165) is 49.8 Å². The van der Waals surface area contributed by atoms with E-state index in [-0.39, 0.29) is 17.9 Å². The molecule has 2 aliphatic rings. The topological polar surface area (TPSA) is 81.4 Å². The number of likely N-dealkylation sites (tertiary alicyclic amines) is 1. The molecule has 1 aliphatic heterocycles. The summed E-state index contributed by atoms with van der Waals surface area (Å²) in [5, 5.41) is 4.08. The number of hydrogen-bond acceptors (Lipinski definition) is 6. The Morgan fingerprint density at radius 3 is 2.85 bits per heavy atom. The van der Waals surface area contributed by atoms with Crippen molar-refractivity contribution in [3.05, 3.63) is 34.6 Å². The zero-order chi connectivity index (χ0) is 19.0. The lowest BCUT2D eigenvalue weighted by Crippen LogP contribution is -2.39. The predicted molar refractivity (Wildman–Crippen MR) is 98.8 cm³/mol. The quantitative estimate of drug-likeness (QED) is 0.820. The molecule has 1 saturated heterocycles. The van der Waals surface area contributed by atoms with Crippen LogP contribution in [0, 0.1) is 0 Å². The first-order chi connectivity index (χ1) is 13.1. The molecule has 1 amide bonds. The smallest absolute Gasteiger partial charge is 0.260 e. The Morgan fingerprint density at radius 2 is 2.11 bits per heavy atom. The molecule has 7 heteroatoms. The van der Waals surface area contributed by atoms with Crippen LogP contribution in [-0.2, 0) is 12.8 Å². The van der Waals surface area contributed by atoms with Gasteiger partial charge in [0.15, 0.2) is 5.82 Å². The van der Waals surface area contributed by atoms with Gasteiger partial charge in [-0.1, -0.05) is 19.0 Å². The molecule has 0 N–H and O–H groups in total. The van der Waals surface area contributed by atoms with Crippen molar-refractivity contribution < 1.29 is 14.1 Å². The van der Waals surface area contributed by atoms with Crippen LogP contribution < -0.4 is 4.74 Å². The fourth-order valence-corrected chi connectivity index (χ4v) is 3.97. The zero-order valence-electron chi connectivity index (χ0n) is 16.2. The third kappa shape index (κ3) is 3.31. The van der Waals surface area contributed by atoms with Crippen LogP contribution in [0.5, 0.6) is 5.88 Å². The molecular weight excluding hydrogens is 344 g/mol. The normalized spacial score (nSPS) is 19.4. The maximum absolute atomic E-state index is 13.4. The Kier molecular flexibility index (Phi) is 4.85. The van der Waals surface area contributed by atoms with E-state index >= 15 is 0 Å². The average Bonchev–Trinajstić information content (AvgIpc) is 3.35. The lowest BCUT2D eigenvalue weighted by atomic mass is 10.00. The Labute approximate surface area is 159 Å². The van der Waals surface area contributed by atoms with E-state index < -0.39 is 0 Å². The standard InChI is InChI=1S/C20H26N4O3/c1-12(2)17-22-19(27-23-17)16-9-4-5-10-24(16)20(25)14-11-13-7-6-8-15(13)21-18(14)26-3/h11-12,16H,4-10H2,1-3H3. The van der Waals surface area contributed by atoms with Crippen molar-refractivity contribution in [1.82, 2.24) is 20.0 Å². The number of aryl methyl sites for hydroxylation is 2. The number of pyridine rings is 1. The Balaban J connectivity index is 1.66. The highest BCUT2D eigenvalue weighted by atomic mass is 16.5. The zero-order valence-corrected chi connectivity index (χ0v) is 16.2. The summed E-state index contributed by atoms with van der Waals surface area (Å²) in [6.07, 6.45) is 5.83. The van der Waals surface area contributed by atoms with Gasteiger partial charge in [0.2, 0.25) is 11.8 Å². The van der Waals surface area contributed by atoms with Crippen molar-refractivity contribution >= 4 is 5.91 Å². The second-order valence-electron chi connectivity index (χ2n) is 7.66. The summed E-state index contributed by atoms with van der Waals surface area (Å²) < 4.78 is 11.0. The molecule has 27 heavy (non-hydrogen) atoms. The molecule has 3 heterocycles. The first-order valence-corrected chi connectivity index (χ1v) is 9.79. The van der Waals surface area contributed by atoms with Crippen LogP contribution in [0.3, 0.4) is 0 Å². The molecule has 1 aliphatic carbocycles. The Morgan fingerprint density at radius 1 is 1.26 bits per heavy atom. The lowest BCUT2D eigenvalue weighted by Gasteiger charge is -2.33. The maximum Gasteiger partial charge on any atom is 0.260 e. The maximum atomic E-state index is 13.4. The van der Waals surface area contributed by atoms with E-state index in [0.29, 0.717) is 29.7 Å². The highest BCUT2D eigenvalue weighted by molar-refractivity contribution is 5.97. The van der Waals surface area contributed by atoms with Gasteiger partial charge in [0.25, 0.3) is 5.91 Å². The molecule has 0 bridgehead atoms. The second-order valence-corrected chi connectivity index (χ2v) is 7.66. The number of fused-ring (bicyclic) bond motifs is 1. The molecule has 0 saturated carbocycles. The van der Waals surface area contributed by atoms with Crippen molar-refractivity contribution in [3.8, 4) is 5.88 Å². The third-order valence-corrected chi connectivity index (χ3v) is 5.46. The molecule has 144 valence electrons. The van der Waals surface area contributed by atoms with Crippen molar-refractivity contribution in [3.63, 3.8) is 0 Å². The molecule has 0 aromatic carbocycles. The number of piperidine rings is 1. The first kappa shape index (κ1) is 17.9. The van der Waals surface area contributed by atoms with Gasteiger partial charge in [-0.05, 0) is 50.2 Å². The molecule has 4 rings (SSSR count). The number of carbonyl (C=O) groups is 1. The fourth-order valence-electron chi connectivity index (χ4n) is 3.97. The van der Waals surface area contributed by atoms with Gasteiger partial charge in [0.1, 0.15) is 11.6 Å². The number of aromatic nitrogens is 3. The molecular formula is C20H26N4O3. The van der Waals surface area contributed by atoms with Crippen molar-refractivity contribution in [2.24, 2.45) is 0 Å². The Hall–Kier alpha value is -2.44. The Bertz CT molecular complexity index is 846. The number of nitrogens with zero attached hydrogens (tertiary/aromatic N) is 4. The van der Waals surface area contributed by atoms with Gasteiger partial charge in [-0.15, -0.1) is 0 Å². The molecule has 1 fully saturated rings. The molecule has 0 spiro atoms.